The van der Waals surface area contributed by atoms with Crippen LogP contribution in [0.15, 0.2) is 29.8 Å². The fourth-order valence-corrected chi connectivity index (χ4v) is 6.74. The molecule has 0 radical (unpaired) electrons. The molecule has 3 nitrogen and oxygen atoms in total. The molecule has 1 aromatic carbocycles. The van der Waals surface area contributed by atoms with Crippen LogP contribution in [0.2, 0.25) is 0 Å². The van der Waals surface area contributed by atoms with Crippen molar-refractivity contribution in [2.45, 2.75) is 71.3 Å². The Bertz CT molecular complexity index is 805. The average Bonchev–Trinajstić information content (AvgIpc) is 3.52. The van der Waals surface area contributed by atoms with Gasteiger partial charge in [0.05, 0.1) is 0 Å². The van der Waals surface area contributed by atoms with Gasteiger partial charge in [0, 0.05) is 37.5 Å². The van der Waals surface area contributed by atoms with E-state index < -0.39 is 0 Å². The van der Waals surface area contributed by atoms with Crippen LogP contribution >= 0.6 is 0 Å². The third-order valence-electron chi connectivity index (χ3n) is 8.50. The predicted octanol–water partition coefficient (Wildman–Crippen LogP) is 5.16. The van der Waals surface area contributed by atoms with Crippen molar-refractivity contribution in [2.24, 2.45) is 17.8 Å². The second-order valence-corrected chi connectivity index (χ2v) is 10.5. The van der Waals surface area contributed by atoms with Gasteiger partial charge in [0.1, 0.15) is 0 Å². The van der Waals surface area contributed by atoms with Gasteiger partial charge in [-0.25, -0.2) is 0 Å². The molecule has 4 aliphatic rings. The summed E-state index contributed by atoms with van der Waals surface area (Å²) < 4.78 is 0. The van der Waals surface area contributed by atoms with Gasteiger partial charge >= 0.3 is 0 Å². The maximum Gasteiger partial charge on any atom is 0.225 e. The van der Waals surface area contributed by atoms with Crippen molar-refractivity contribution in [1.82, 2.24) is 9.80 Å². The number of likely N-dealkylation sites (tertiary alicyclic amines) is 2. The van der Waals surface area contributed by atoms with Gasteiger partial charge in [-0.3, -0.25) is 4.79 Å². The molecule has 2 heterocycles. The Balaban J connectivity index is 1.23. The van der Waals surface area contributed by atoms with Crippen LogP contribution in [0.25, 0.3) is 5.57 Å². The second-order valence-electron chi connectivity index (χ2n) is 10.5. The molecule has 0 N–H and O–H groups in total. The molecule has 2 aliphatic heterocycles. The topological polar surface area (TPSA) is 23.6 Å². The lowest BCUT2D eigenvalue weighted by atomic mass is 9.90. The maximum absolute atomic E-state index is 13.0. The van der Waals surface area contributed by atoms with E-state index >= 15 is 0 Å². The van der Waals surface area contributed by atoms with Crippen LogP contribution < -0.4 is 0 Å². The van der Waals surface area contributed by atoms with Crippen LogP contribution in [0.1, 0.15) is 69.9 Å². The molecule has 2 saturated heterocycles. The van der Waals surface area contributed by atoms with Crippen LogP contribution in [0, 0.1) is 17.8 Å². The van der Waals surface area contributed by atoms with E-state index in [9.17, 15) is 4.79 Å². The van der Waals surface area contributed by atoms with Crippen molar-refractivity contribution >= 4 is 11.5 Å². The summed E-state index contributed by atoms with van der Waals surface area (Å²) in [6.07, 6.45) is 9.75. The number of nitrogens with zero attached hydrogens (tertiary/aromatic N) is 2. The molecular weight excluding hydrogens is 368 g/mol. The lowest BCUT2D eigenvalue weighted by Gasteiger charge is -2.22. The molecule has 1 aromatic rings. The number of rotatable bonds is 5. The molecule has 0 aromatic heterocycles. The Morgan fingerprint density at radius 2 is 1.80 bits per heavy atom. The third kappa shape index (κ3) is 3.86. The number of amides is 1. The smallest absolute Gasteiger partial charge is 0.225 e. The summed E-state index contributed by atoms with van der Waals surface area (Å²) >= 11 is 0. The van der Waals surface area contributed by atoms with E-state index in [4.69, 9.17) is 0 Å². The molecule has 1 saturated carbocycles. The fraction of sp³-hybridized carbons (Fsp3) is 0.667. The van der Waals surface area contributed by atoms with Gasteiger partial charge in [0.25, 0.3) is 0 Å². The van der Waals surface area contributed by atoms with Gasteiger partial charge in [-0.2, -0.15) is 0 Å². The number of carbonyl (C=O) groups is 1. The van der Waals surface area contributed by atoms with Crippen LogP contribution in [0.5, 0.6) is 0 Å². The Labute approximate surface area is 182 Å². The fourth-order valence-electron chi connectivity index (χ4n) is 6.74. The highest BCUT2D eigenvalue weighted by Crippen LogP contribution is 2.47. The van der Waals surface area contributed by atoms with Crippen molar-refractivity contribution in [2.75, 3.05) is 26.2 Å². The van der Waals surface area contributed by atoms with Crippen LogP contribution in [0.3, 0.4) is 0 Å². The van der Waals surface area contributed by atoms with Gasteiger partial charge in [0.2, 0.25) is 5.91 Å². The first-order chi connectivity index (χ1) is 14.6. The number of fused-ring (bicyclic) bond motifs is 1. The van der Waals surface area contributed by atoms with Crippen molar-refractivity contribution in [3.63, 3.8) is 0 Å². The number of hydrogen-bond donors (Lipinski definition) is 0. The van der Waals surface area contributed by atoms with Crippen molar-refractivity contribution in [1.29, 1.82) is 0 Å². The van der Waals surface area contributed by atoms with Gasteiger partial charge in [-0.05, 0) is 81.5 Å². The first kappa shape index (κ1) is 20.3. The minimum atomic E-state index is 0.315. The van der Waals surface area contributed by atoms with Gasteiger partial charge in [0.15, 0.2) is 0 Å². The molecule has 1 amide bonds. The molecule has 3 heteroatoms. The zero-order valence-corrected chi connectivity index (χ0v) is 18.9. The summed E-state index contributed by atoms with van der Waals surface area (Å²) in [5.74, 6) is 1.95. The largest absolute Gasteiger partial charge is 0.342 e. The monoisotopic (exact) mass is 406 g/mol. The Kier molecular flexibility index (Phi) is 5.75. The van der Waals surface area contributed by atoms with E-state index in [2.05, 4.69) is 47.9 Å². The molecule has 5 rings (SSSR count). The summed E-state index contributed by atoms with van der Waals surface area (Å²) in [7, 11) is 0. The molecule has 162 valence electrons. The number of benzene rings is 1. The van der Waals surface area contributed by atoms with Crippen LogP contribution in [0.4, 0.5) is 0 Å². The van der Waals surface area contributed by atoms with Crippen LogP contribution in [-0.4, -0.2) is 47.9 Å². The van der Waals surface area contributed by atoms with Crippen molar-refractivity contribution < 1.29 is 4.79 Å². The lowest BCUT2D eigenvalue weighted by Crippen LogP contribution is -2.34. The quantitative estimate of drug-likeness (QED) is 0.675. The maximum atomic E-state index is 13.0. The van der Waals surface area contributed by atoms with Crippen LogP contribution in [-0.2, 0) is 11.2 Å². The van der Waals surface area contributed by atoms with E-state index in [0.29, 0.717) is 23.7 Å². The van der Waals surface area contributed by atoms with E-state index in [-0.39, 0.29) is 0 Å². The average molecular weight is 407 g/mol. The molecular formula is C27H38N2O. The number of carbonyl (C=O) groups excluding carboxylic acids is 1. The highest BCUT2D eigenvalue weighted by Gasteiger charge is 2.43. The Morgan fingerprint density at radius 1 is 1.03 bits per heavy atom. The molecule has 30 heavy (non-hydrogen) atoms. The minimum Gasteiger partial charge on any atom is -0.342 e. The summed E-state index contributed by atoms with van der Waals surface area (Å²) in [6.45, 7) is 9.06. The SMILES string of the molecule is CC1=C(c2ccc(CCN3CCCC3C)cc2)C2CN(C(=O)C3CCCC3)CC2C1. The minimum absolute atomic E-state index is 0.315. The van der Waals surface area contributed by atoms with E-state index in [0.717, 1.165) is 38.4 Å². The van der Waals surface area contributed by atoms with E-state index in [1.165, 1.54) is 56.3 Å². The first-order valence-corrected chi connectivity index (χ1v) is 12.4. The molecule has 3 unspecified atom stereocenters. The summed E-state index contributed by atoms with van der Waals surface area (Å²) in [6, 6.07) is 10.2. The normalized spacial score (nSPS) is 29.9. The highest BCUT2D eigenvalue weighted by atomic mass is 16.2. The van der Waals surface area contributed by atoms with Crippen molar-refractivity contribution in [3.05, 3.63) is 41.0 Å². The standard InChI is InChI=1S/C27H38N2O/c1-19-16-24-17-29(27(30)23-7-3-4-8-23)18-25(24)26(19)22-11-9-21(10-12-22)13-15-28-14-5-6-20(28)2/h9-12,20,23-25H,3-8,13-18H2,1-2H3. The number of allylic oxidation sites excluding steroid dienone is 1. The third-order valence-corrected chi connectivity index (χ3v) is 8.50. The molecule has 3 fully saturated rings. The molecule has 2 aliphatic carbocycles. The lowest BCUT2D eigenvalue weighted by molar-refractivity contribution is -0.134. The Morgan fingerprint density at radius 3 is 2.50 bits per heavy atom. The Hall–Kier alpha value is -1.61. The highest BCUT2D eigenvalue weighted by molar-refractivity contribution is 5.81. The molecule has 0 bridgehead atoms. The summed E-state index contributed by atoms with van der Waals surface area (Å²) in [4.78, 5) is 17.8. The zero-order chi connectivity index (χ0) is 20.7. The zero-order valence-electron chi connectivity index (χ0n) is 18.9. The van der Waals surface area contributed by atoms with E-state index in [1.54, 1.807) is 11.1 Å². The van der Waals surface area contributed by atoms with E-state index in [1.807, 2.05) is 0 Å². The van der Waals surface area contributed by atoms with Crippen molar-refractivity contribution in [3.8, 4) is 0 Å². The van der Waals surface area contributed by atoms with Gasteiger partial charge in [-0.1, -0.05) is 42.7 Å². The van der Waals surface area contributed by atoms with Gasteiger partial charge < -0.3 is 9.80 Å². The molecule has 0 spiro atoms. The predicted molar refractivity (Wildman–Crippen MR) is 123 cm³/mol. The number of hydrogen-bond acceptors (Lipinski definition) is 2. The summed E-state index contributed by atoms with van der Waals surface area (Å²) in [5, 5.41) is 0. The summed E-state index contributed by atoms with van der Waals surface area (Å²) in [5.41, 5.74) is 5.95. The second kappa shape index (κ2) is 8.49. The first-order valence-electron chi connectivity index (χ1n) is 12.4. The molecule has 3 atom stereocenters. The van der Waals surface area contributed by atoms with Gasteiger partial charge in [-0.15, -0.1) is 0 Å².